The minimum atomic E-state index is -1.91. The number of allylic oxidation sites excluding steroid dienone is 1. The summed E-state index contributed by atoms with van der Waals surface area (Å²) < 4.78 is 15.8. The van der Waals surface area contributed by atoms with E-state index in [1.165, 1.54) is 18.9 Å². The fourth-order valence-electron chi connectivity index (χ4n) is 4.59. The van der Waals surface area contributed by atoms with Crippen molar-refractivity contribution in [2.45, 2.75) is 19.3 Å². The van der Waals surface area contributed by atoms with Crippen LogP contribution in [0.3, 0.4) is 0 Å². The Balaban J connectivity index is 1.80. The van der Waals surface area contributed by atoms with Gasteiger partial charge in [0.1, 0.15) is 35.3 Å². The van der Waals surface area contributed by atoms with Crippen molar-refractivity contribution in [3.63, 3.8) is 0 Å². The van der Waals surface area contributed by atoms with Crippen molar-refractivity contribution in [3.8, 4) is 11.8 Å². The average Bonchev–Trinajstić information content (AvgIpc) is 3.08. The van der Waals surface area contributed by atoms with Gasteiger partial charge in [0.05, 0.1) is 13.7 Å². The van der Waals surface area contributed by atoms with Crippen LogP contribution in [0, 0.1) is 11.3 Å². The van der Waals surface area contributed by atoms with Crippen LogP contribution in [0.25, 0.3) is 0 Å². The minimum absolute atomic E-state index is 0.0383. The van der Waals surface area contributed by atoms with Crippen LogP contribution in [-0.2, 0) is 29.3 Å². The molecule has 2 aromatic carbocycles. The molecule has 0 aliphatic carbocycles. The molecule has 2 aromatic rings. The molecule has 10 heteroatoms. The molecule has 0 unspecified atom stereocenters. The van der Waals surface area contributed by atoms with Gasteiger partial charge in [-0.2, -0.15) is 5.26 Å². The number of benzene rings is 2. The van der Waals surface area contributed by atoms with Crippen LogP contribution in [0.4, 0.5) is 11.4 Å². The lowest BCUT2D eigenvalue weighted by Crippen LogP contribution is -2.49. The summed E-state index contributed by atoms with van der Waals surface area (Å²) in [5.74, 6) is -1.61. The van der Waals surface area contributed by atoms with E-state index in [2.05, 4.69) is 5.32 Å². The third kappa shape index (κ3) is 3.71. The summed E-state index contributed by atoms with van der Waals surface area (Å²) in [6.45, 7) is 2.76. The molecule has 0 radical (unpaired) electrons. The molecular weight excluding hydrogens is 464 g/mol. The second-order valence-corrected chi connectivity index (χ2v) is 8.04. The van der Waals surface area contributed by atoms with Crippen molar-refractivity contribution in [3.05, 3.63) is 76.9 Å². The molecule has 1 atom stereocenters. The van der Waals surface area contributed by atoms with Crippen LogP contribution in [0.15, 0.2) is 71.3 Å². The molecule has 0 aromatic heterocycles. The van der Waals surface area contributed by atoms with E-state index in [1.807, 2.05) is 6.07 Å². The number of anilines is 2. The Morgan fingerprint density at radius 1 is 1.19 bits per heavy atom. The first-order valence-corrected chi connectivity index (χ1v) is 11.1. The van der Waals surface area contributed by atoms with Gasteiger partial charge >= 0.3 is 5.97 Å². The molecular formula is C26H24N4O6. The summed E-state index contributed by atoms with van der Waals surface area (Å²) in [7, 11) is 1.54. The Kier molecular flexibility index (Phi) is 6.40. The highest BCUT2D eigenvalue weighted by Gasteiger charge is 2.62. The van der Waals surface area contributed by atoms with Crippen LogP contribution < -0.4 is 20.7 Å². The summed E-state index contributed by atoms with van der Waals surface area (Å²) in [5.41, 5.74) is 4.95. The largest absolute Gasteiger partial charge is 0.497 e. The normalized spacial score (nSPS) is 18.5. The van der Waals surface area contributed by atoms with Crippen molar-refractivity contribution in [1.82, 2.24) is 0 Å². The molecule has 184 valence electrons. The van der Waals surface area contributed by atoms with Gasteiger partial charge in [0.2, 0.25) is 17.7 Å². The van der Waals surface area contributed by atoms with Gasteiger partial charge in [0.25, 0.3) is 0 Å². The number of nitrogens with one attached hydrogen (secondary N) is 1. The number of carbonyl (C=O) groups excluding carboxylic acids is 3. The van der Waals surface area contributed by atoms with Crippen LogP contribution in [-0.4, -0.2) is 38.0 Å². The first-order chi connectivity index (χ1) is 17.3. The van der Waals surface area contributed by atoms with Crippen molar-refractivity contribution < 1.29 is 28.6 Å². The summed E-state index contributed by atoms with van der Waals surface area (Å²) in [6, 6.07) is 15.3. The second-order valence-electron chi connectivity index (χ2n) is 8.04. The molecule has 2 heterocycles. The van der Waals surface area contributed by atoms with Crippen molar-refractivity contribution >= 4 is 29.2 Å². The number of carbonyl (C=O) groups is 3. The molecule has 0 bridgehead atoms. The fourth-order valence-corrected chi connectivity index (χ4v) is 4.59. The fraction of sp³-hybridized carbons (Fsp3) is 0.231. The lowest BCUT2D eigenvalue weighted by Gasteiger charge is -2.34. The Labute approximate surface area is 207 Å². The predicted octanol–water partition coefficient (Wildman–Crippen LogP) is 2.48. The molecule has 1 spiro atoms. The molecule has 2 amide bonds. The van der Waals surface area contributed by atoms with E-state index in [0.29, 0.717) is 22.7 Å². The number of esters is 1. The van der Waals surface area contributed by atoms with Gasteiger partial charge in [0.15, 0.2) is 5.41 Å². The van der Waals surface area contributed by atoms with E-state index in [-0.39, 0.29) is 35.9 Å². The zero-order valence-electron chi connectivity index (χ0n) is 20.0. The summed E-state index contributed by atoms with van der Waals surface area (Å²) >= 11 is 0. The number of nitrogens with two attached hydrogens (primary N) is 1. The molecule has 0 saturated heterocycles. The molecule has 0 fully saturated rings. The number of nitriles is 1. The topological polar surface area (TPSA) is 144 Å². The summed E-state index contributed by atoms with van der Waals surface area (Å²) in [6.07, 6.45) is 0. The number of hydrogen-bond acceptors (Lipinski definition) is 8. The van der Waals surface area contributed by atoms with Gasteiger partial charge in [-0.05, 0) is 44.2 Å². The van der Waals surface area contributed by atoms with Crippen molar-refractivity contribution in [1.29, 1.82) is 5.26 Å². The second kappa shape index (κ2) is 9.46. The molecule has 4 rings (SSSR count). The third-order valence-corrected chi connectivity index (χ3v) is 6.04. The maximum absolute atomic E-state index is 14.2. The number of ether oxygens (including phenoxy) is 3. The average molecular weight is 489 g/mol. The van der Waals surface area contributed by atoms with E-state index in [9.17, 15) is 19.6 Å². The van der Waals surface area contributed by atoms with Crippen LogP contribution in [0.1, 0.15) is 19.4 Å². The lowest BCUT2D eigenvalue weighted by atomic mass is 9.68. The summed E-state index contributed by atoms with van der Waals surface area (Å²) in [4.78, 5) is 41.5. The Hall–Kier alpha value is -4.78. The molecule has 2 aliphatic heterocycles. The van der Waals surface area contributed by atoms with E-state index in [0.717, 1.165) is 0 Å². The standard InChI is InChI=1S/C26H24N4O6/c1-4-35-24(32)22-15(2)36-23(28)19(13-27)26(22)18-7-5-6-8-20(18)30(25(26)33)14-21(31)29-16-9-11-17(34-3)12-10-16/h5-12H,4,14,28H2,1-3H3,(H,29,31)/t26-/m0/s1. The number of para-hydroxylation sites is 1. The number of amides is 2. The number of methoxy groups -OCH3 is 1. The highest BCUT2D eigenvalue weighted by Crippen LogP contribution is 2.54. The van der Waals surface area contributed by atoms with Gasteiger partial charge in [-0.1, -0.05) is 18.2 Å². The Morgan fingerprint density at radius 2 is 1.89 bits per heavy atom. The van der Waals surface area contributed by atoms with Crippen molar-refractivity contribution in [2.75, 3.05) is 30.5 Å². The van der Waals surface area contributed by atoms with Gasteiger partial charge < -0.3 is 30.2 Å². The van der Waals surface area contributed by atoms with Crippen molar-refractivity contribution in [2.24, 2.45) is 5.73 Å². The quantitative estimate of drug-likeness (QED) is 0.590. The van der Waals surface area contributed by atoms with Gasteiger partial charge in [-0.15, -0.1) is 0 Å². The maximum atomic E-state index is 14.2. The monoisotopic (exact) mass is 488 g/mol. The highest BCUT2D eigenvalue weighted by atomic mass is 16.5. The zero-order valence-corrected chi connectivity index (χ0v) is 20.0. The van der Waals surface area contributed by atoms with Crippen LogP contribution in [0.2, 0.25) is 0 Å². The Bertz CT molecular complexity index is 1360. The highest BCUT2D eigenvalue weighted by molar-refractivity contribution is 6.20. The number of hydrogen-bond donors (Lipinski definition) is 2. The molecule has 0 saturated carbocycles. The first-order valence-electron chi connectivity index (χ1n) is 11.1. The number of nitrogens with zero attached hydrogens (tertiary/aromatic N) is 2. The van der Waals surface area contributed by atoms with Gasteiger partial charge in [-0.3, -0.25) is 9.59 Å². The third-order valence-electron chi connectivity index (χ3n) is 6.04. The molecule has 3 N–H and O–H groups in total. The smallest absolute Gasteiger partial charge is 0.339 e. The van der Waals surface area contributed by atoms with Crippen LogP contribution in [0.5, 0.6) is 5.75 Å². The molecule has 2 aliphatic rings. The SMILES string of the molecule is CCOC(=O)C1=C(C)OC(N)=C(C#N)[C@]12C(=O)N(CC(=O)Nc1ccc(OC)cc1)c1ccccc12. The maximum Gasteiger partial charge on any atom is 0.339 e. The predicted molar refractivity (Wildman–Crippen MR) is 129 cm³/mol. The molecule has 10 nitrogen and oxygen atoms in total. The number of fused-ring (bicyclic) bond motifs is 2. The summed E-state index contributed by atoms with van der Waals surface area (Å²) in [5, 5.41) is 12.8. The number of rotatable bonds is 6. The zero-order chi connectivity index (χ0) is 26.0. The molecule has 36 heavy (non-hydrogen) atoms. The van der Waals surface area contributed by atoms with E-state index < -0.39 is 23.2 Å². The van der Waals surface area contributed by atoms with Gasteiger partial charge in [-0.25, -0.2) is 4.79 Å². The minimum Gasteiger partial charge on any atom is -0.497 e. The Morgan fingerprint density at radius 3 is 2.53 bits per heavy atom. The van der Waals surface area contributed by atoms with E-state index in [1.54, 1.807) is 55.5 Å². The lowest BCUT2D eigenvalue weighted by molar-refractivity contribution is -0.141. The van der Waals surface area contributed by atoms with Crippen LogP contribution >= 0.6 is 0 Å². The van der Waals surface area contributed by atoms with Gasteiger partial charge in [0, 0.05) is 16.9 Å². The van der Waals surface area contributed by atoms with E-state index in [4.69, 9.17) is 19.9 Å². The first kappa shape index (κ1) is 24.3. The van der Waals surface area contributed by atoms with E-state index >= 15 is 0 Å².